The molecule has 0 spiro atoms. The lowest BCUT2D eigenvalue weighted by Crippen LogP contribution is -2.29. The Labute approximate surface area is 378 Å². The van der Waals surface area contributed by atoms with Gasteiger partial charge in [-0.2, -0.15) is 0 Å². The second-order valence-corrected chi connectivity index (χ2v) is 17.7. The number of nitrogens with zero attached hydrogens (tertiary/aromatic N) is 1. The predicted molar refractivity (Wildman–Crippen MR) is 270 cm³/mol. The molecule has 0 fully saturated rings. The minimum Gasteiger partial charge on any atom is -0.310 e. The van der Waals surface area contributed by atoms with Crippen LogP contribution in [0.1, 0.15) is 59.2 Å². The fraction of sp³-hybridized carbons (Fsp3) is 0.0794. The van der Waals surface area contributed by atoms with E-state index in [9.17, 15) is 0 Å². The maximum absolute atomic E-state index is 2.57. The number of hydrogen-bond donors (Lipinski definition) is 0. The molecule has 1 unspecified atom stereocenters. The average Bonchev–Trinajstić information content (AvgIpc) is 3.60. The molecule has 0 aliphatic heterocycles. The molecule has 1 heteroatoms. The molecule has 9 aromatic carbocycles. The summed E-state index contributed by atoms with van der Waals surface area (Å²) in [6.07, 6.45) is 3.37. The SMILES string of the molecule is CC1(C)c2ccccc2-c2ccc(N(c3ccc(-c4ccccc4)cc3)c3ccc(C4(c5ccccc5)C=C(c5ccccc5)C(c5ccccc5)=C(c5ccccc5)C4)cc3)cc21. The Morgan fingerprint density at radius 3 is 1.44 bits per heavy atom. The van der Waals surface area contributed by atoms with Crippen LogP contribution in [0.4, 0.5) is 17.1 Å². The second-order valence-electron chi connectivity index (χ2n) is 17.7. The van der Waals surface area contributed by atoms with E-state index in [1.807, 2.05) is 0 Å². The van der Waals surface area contributed by atoms with Crippen molar-refractivity contribution in [1.82, 2.24) is 0 Å². The molecule has 0 N–H and O–H groups in total. The third-order valence-electron chi connectivity index (χ3n) is 13.7. The standard InChI is InChI=1S/C63H49N/c1-62(2)59-31-19-18-30-55(59)56-41-40-54(42-60(56)62)64(52-36-32-46(33-37-52)45-20-8-3-9-21-45)53-38-34-51(35-39-53)63(50-28-16-7-17-29-50)43-57(47-22-10-4-11-23-47)61(49-26-14-6-15-27-49)58(44-63)48-24-12-5-13-25-48/h3-43H,44H2,1-2H3. The van der Waals surface area contributed by atoms with Crippen LogP contribution < -0.4 is 4.90 Å². The Kier molecular flexibility index (Phi) is 9.90. The van der Waals surface area contributed by atoms with Crippen molar-refractivity contribution in [2.45, 2.75) is 31.1 Å². The van der Waals surface area contributed by atoms with Gasteiger partial charge >= 0.3 is 0 Å². The van der Waals surface area contributed by atoms with E-state index >= 15 is 0 Å². The number of anilines is 3. The zero-order valence-electron chi connectivity index (χ0n) is 36.3. The molecule has 2 aliphatic rings. The predicted octanol–water partition coefficient (Wildman–Crippen LogP) is 16.5. The van der Waals surface area contributed by atoms with E-state index in [1.165, 1.54) is 77.9 Å². The highest BCUT2D eigenvalue weighted by Crippen LogP contribution is 2.54. The average molecular weight is 820 g/mol. The van der Waals surface area contributed by atoms with Gasteiger partial charge in [-0.1, -0.05) is 226 Å². The molecule has 0 saturated carbocycles. The monoisotopic (exact) mass is 819 g/mol. The Balaban J connectivity index is 1.09. The molecular formula is C63H49N. The molecule has 0 heterocycles. The Bertz CT molecular complexity index is 3150. The van der Waals surface area contributed by atoms with Crippen LogP contribution in [-0.2, 0) is 10.8 Å². The lowest BCUT2D eigenvalue weighted by molar-refractivity contribution is 0.660. The van der Waals surface area contributed by atoms with Crippen LogP contribution in [0, 0.1) is 0 Å². The van der Waals surface area contributed by atoms with E-state index in [1.54, 1.807) is 0 Å². The number of rotatable bonds is 9. The zero-order valence-corrected chi connectivity index (χ0v) is 36.3. The molecule has 306 valence electrons. The van der Waals surface area contributed by atoms with Gasteiger partial charge in [-0.3, -0.25) is 0 Å². The first-order chi connectivity index (χ1) is 31.5. The van der Waals surface area contributed by atoms with Crippen molar-refractivity contribution in [3.63, 3.8) is 0 Å². The molecule has 0 amide bonds. The van der Waals surface area contributed by atoms with E-state index in [0.717, 1.165) is 23.5 Å². The largest absolute Gasteiger partial charge is 0.310 e. The molecule has 1 nitrogen and oxygen atoms in total. The van der Waals surface area contributed by atoms with Gasteiger partial charge in [-0.05, 0) is 121 Å². The highest BCUT2D eigenvalue weighted by molar-refractivity contribution is 6.17. The number of fused-ring (bicyclic) bond motifs is 3. The van der Waals surface area contributed by atoms with Gasteiger partial charge < -0.3 is 4.90 Å². The van der Waals surface area contributed by atoms with Crippen molar-refractivity contribution in [3.8, 4) is 22.3 Å². The third kappa shape index (κ3) is 6.82. The first-order valence-electron chi connectivity index (χ1n) is 22.5. The molecule has 11 rings (SSSR count). The van der Waals surface area contributed by atoms with Crippen LogP contribution in [0.2, 0.25) is 0 Å². The maximum Gasteiger partial charge on any atom is 0.0465 e. The van der Waals surface area contributed by atoms with E-state index in [0.29, 0.717) is 0 Å². The van der Waals surface area contributed by atoms with Gasteiger partial charge in [0.2, 0.25) is 0 Å². The second kappa shape index (κ2) is 16.2. The number of allylic oxidation sites excluding steroid dienone is 4. The molecule has 0 radical (unpaired) electrons. The molecule has 9 aromatic rings. The first kappa shape index (κ1) is 39.1. The number of benzene rings is 9. The summed E-state index contributed by atoms with van der Waals surface area (Å²) >= 11 is 0. The first-order valence-corrected chi connectivity index (χ1v) is 22.5. The van der Waals surface area contributed by atoms with Crippen molar-refractivity contribution in [2.75, 3.05) is 4.90 Å². The van der Waals surface area contributed by atoms with Gasteiger partial charge in [0, 0.05) is 27.9 Å². The van der Waals surface area contributed by atoms with Gasteiger partial charge in [0.1, 0.15) is 0 Å². The van der Waals surface area contributed by atoms with Crippen molar-refractivity contribution >= 4 is 33.8 Å². The van der Waals surface area contributed by atoms with Gasteiger partial charge in [-0.15, -0.1) is 0 Å². The quantitative estimate of drug-likeness (QED) is 0.140. The van der Waals surface area contributed by atoms with Crippen molar-refractivity contribution in [2.24, 2.45) is 0 Å². The highest BCUT2D eigenvalue weighted by Gasteiger charge is 2.40. The summed E-state index contributed by atoms with van der Waals surface area (Å²) in [5.41, 5.74) is 20.6. The van der Waals surface area contributed by atoms with E-state index in [4.69, 9.17) is 0 Å². The van der Waals surface area contributed by atoms with E-state index in [-0.39, 0.29) is 5.41 Å². The van der Waals surface area contributed by atoms with Crippen LogP contribution in [0.25, 0.3) is 39.0 Å². The molecule has 2 aliphatic carbocycles. The Hall–Kier alpha value is -7.74. The van der Waals surface area contributed by atoms with Crippen LogP contribution in [-0.4, -0.2) is 0 Å². The molecule has 0 aromatic heterocycles. The zero-order chi connectivity index (χ0) is 43.1. The van der Waals surface area contributed by atoms with Gasteiger partial charge in [0.05, 0.1) is 0 Å². The van der Waals surface area contributed by atoms with Crippen LogP contribution in [0.5, 0.6) is 0 Å². The number of hydrogen-bond acceptors (Lipinski definition) is 1. The minimum atomic E-state index is -0.472. The topological polar surface area (TPSA) is 3.24 Å². The van der Waals surface area contributed by atoms with Gasteiger partial charge in [0.25, 0.3) is 0 Å². The summed E-state index contributed by atoms with van der Waals surface area (Å²) < 4.78 is 0. The third-order valence-corrected chi connectivity index (χ3v) is 13.7. The lowest BCUT2D eigenvalue weighted by atomic mass is 9.63. The molecule has 1 atom stereocenters. The Morgan fingerprint density at radius 2 is 0.812 bits per heavy atom. The van der Waals surface area contributed by atoms with Gasteiger partial charge in [0.15, 0.2) is 0 Å². The molecular weight excluding hydrogens is 771 g/mol. The summed E-state index contributed by atoms with van der Waals surface area (Å²) in [5.74, 6) is 0. The minimum absolute atomic E-state index is 0.122. The maximum atomic E-state index is 2.57. The smallest absolute Gasteiger partial charge is 0.0465 e. The van der Waals surface area contributed by atoms with E-state index in [2.05, 4.69) is 267 Å². The summed E-state index contributed by atoms with van der Waals surface area (Å²) in [6.45, 7) is 4.72. The normalized spacial score (nSPS) is 16.1. The fourth-order valence-electron chi connectivity index (χ4n) is 10.5. The summed E-state index contributed by atoms with van der Waals surface area (Å²) in [4.78, 5) is 2.43. The summed E-state index contributed by atoms with van der Waals surface area (Å²) in [7, 11) is 0. The van der Waals surface area contributed by atoms with Crippen LogP contribution in [0.3, 0.4) is 0 Å². The fourth-order valence-corrected chi connectivity index (χ4v) is 10.5. The highest BCUT2D eigenvalue weighted by atomic mass is 15.1. The molecule has 0 bridgehead atoms. The molecule has 64 heavy (non-hydrogen) atoms. The van der Waals surface area contributed by atoms with Crippen LogP contribution >= 0.6 is 0 Å². The molecule has 0 saturated heterocycles. The summed E-state index contributed by atoms with van der Waals surface area (Å²) in [6, 6.07) is 89.2. The lowest BCUT2D eigenvalue weighted by Gasteiger charge is -2.40. The van der Waals surface area contributed by atoms with Crippen molar-refractivity contribution < 1.29 is 0 Å². The van der Waals surface area contributed by atoms with Crippen LogP contribution in [0.15, 0.2) is 249 Å². The summed E-state index contributed by atoms with van der Waals surface area (Å²) in [5, 5.41) is 0. The van der Waals surface area contributed by atoms with Crippen molar-refractivity contribution in [1.29, 1.82) is 0 Å². The van der Waals surface area contributed by atoms with Gasteiger partial charge in [-0.25, -0.2) is 0 Å². The van der Waals surface area contributed by atoms with Crippen molar-refractivity contribution in [3.05, 3.63) is 288 Å². The Morgan fingerprint density at radius 1 is 0.359 bits per heavy atom. The van der Waals surface area contributed by atoms with E-state index < -0.39 is 5.41 Å².